The molecule has 0 saturated heterocycles. The molecule has 0 radical (unpaired) electrons. The van der Waals surface area contributed by atoms with Crippen molar-refractivity contribution in [2.24, 2.45) is 7.05 Å². The van der Waals surface area contributed by atoms with Crippen LogP contribution in [0.2, 0.25) is 0 Å². The third kappa shape index (κ3) is 3.82. The number of benzene rings is 1. The van der Waals surface area contributed by atoms with Crippen LogP contribution >= 0.6 is 0 Å². The van der Waals surface area contributed by atoms with Crippen molar-refractivity contribution in [3.8, 4) is 0 Å². The topological polar surface area (TPSA) is 96.3 Å². The lowest BCUT2D eigenvalue weighted by molar-refractivity contribution is 0.0697. The Hall–Kier alpha value is -2.83. The summed E-state index contributed by atoms with van der Waals surface area (Å²) < 4.78 is 1.62. The van der Waals surface area contributed by atoms with Gasteiger partial charge in [0.05, 0.1) is 16.9 Å². The second kappa shape index (κ2) is 6.08. The van der Waals surface area contributed by atoms with E-state index >= 15 is 0 Å². The standard InChI is InChI=1S/C14H16N4O3/c1-9-12(8-18(2)17-9)16-14(21)15-7-10-3-5-11(6-4-10)13(19)20/h3-6,8H,7H2,1-2H3,(H,19,20)(H2,15,16,21). The molecule has 0 saturated carbocycles. The van der Waals surface area contributed by atoms with Crippen LogP contribution in [-0.2, 0) is 13.6 Å². The Labute approximate surface area is 121 Å². The fourth-order valence-corrected chi connectivity index (χ4v) is 1.84. The first-order valence-electron chi connectivity index (χ1n) is 6.33. The first-order chi connectivity index (χ1) is 9.95. The number of aryl methyl sites for hydroxylation is 2. The van der Waals surface area contributed by atoms with Crippen LogP contribution in [0, 0.1) is 6.92 Å². The van der Waals surface area contributed by atoms with Gasteiger partial charge >= 0.3 is 12.0 Å². The summed E-state index contributed by atoms with van der Waals surface area (Å²) in [5, 5.41) is 18.3. The number of aromatic nitrogens is 2. The number of nitrogens with one attached hydrogen (secondary N) is 2. The van der Waals surface area contributed by atoms with Crippen molar-refractivity contribution in [1.29, 1.82) is 0 Å². The zero-order valence-corrected chi connectivity index (χ0v) is 11.8. The van der Waals surface area contributed by atoms with E-state index in [2.05, 4.69) is 15.7 Å². The number of nitrogens with zero attached hydrogens (tertiary/aromatic N) is 2. The summed E-state index contributed by atoms with van der Waals surface area (Å²) in [7, 11) is 1.78. The van der Waals surface area contributed by atoms with Gasteiger partial charge in [-0.2, -0.15) is 5.10 Å². The number of carboxylic acid groups (broad SMARTS) is 1. The van der Waals surface area contributed by atoms with E-state index < -0.39 is 5.97 Å². The van der Waals surface area contributed by atoms with E-state index in [9.17, 15) is 9.59 Å². The van der Waals surface area contributed by atoms with Gasteiger partial charge in [-0.05, 0) is 24.6 Å². The molecule has 0 atom stereocenters. The molecule has 21 heavy (non-hydrogen) atoms. The number of hydrogen-bond acceptors (Lipinski definition) is 3. The van der Waals surface area contributed by atoms with Crippen LogP contribution in [0.15, 0.2) is 30.5 Å². The Morgan fingerprint density at radius 1 is 1.29 bits per heavy atom. The fraction of sp³-hybridized carbons (Fsp3) is 0.214. The maximum atomic E-state index is 11.8. The zero-order valence-electron chi connectivity index (χ0n) is 11.8. The number of aromatic carboxylic acids is 1. The van der Waals surface area contributed by atoms with Gasteiger partial charge in [-0.25, -0.2) is 9.59 Å². The van der Waals surface area contributed by atoms with Gasteiger partial charge in [-0.3, -0.25) is 4.68 Å². The van der Waals surface area contributed by atoms with Crippen molar-refractivity contribution < 1.29 is 14.7 Å². The maximum Gasteiger partial charge on any atom is 0.335 e. The van der Waals surface area contributed by atoms with E-state index in [0.29, 0.717) is 12.2 Å². The molecule has 0 aliphatic heterocycles. The van der Waals surface area contributed by atoms with E-state index in [1.807, 2.05) is 0 Å². The Balaban J connectivity index is 1.89. The minimum Gasteiger partial charge on any atom is -0.478 e. The summed E-state index contributed by atoms with van der Waals surface area (Å²) in [5.74, 6) is -0.973. The predicted molar refractivity (Wildman–Crippen MR) is 77.2 cm³/mol. The zero-order chi connectivity index (χ0) is 15.4. The Bertz CT molecular complexity index is 661. The van der Waals surface area contributed by atoms with Gasteiger partial charge in [0.25, 0.3) is 0 Å². The first kappa shape index (κ1) is 14.6. The minimum absolute atomic E-state index is 0.217. The number of amides is 2. The smallest absolute Gasteiger partial charge is 0.335 e. The van der Waals surface area contributed by atoms with Crippen LogP contribution in [0.3, 0.4) is 0 Å². The van der Waals surface area contributed by atoms with Crippen molar-refractivity contribution in [2.75, 3.05) is 5.32 Å². The molecule has 3 N–H and O–H groups in total. The molecule has 0 aliphatic carbocycles. The van der Waals surface area contributed by atoms with Gasteiger partial charge in [0.15, 0.2) is 0 Å². The number of carbonyl (C=O) groups is 2. The molecule has 0 fully saturated rings. The van der Waals surface area contributed by atoms with E-state index in [1.165, 1.54) is 12.1 Å². The van der Waals surface area contributed by atoms with Crippen LogP contribution in [0.4, 0.5) is 10.5 Å². The van der Waals surface area contributed by atoms with Crippen LogP contribution in [-0.4, -0.2) is 26.9 Å². The molecule has 1 aromatic heterocycles. The van der Waals surface area contributed by atoms with E-state index in [0.717, 1.165) is 11.3 Å². The second-order valence-electron chi connectivity index (χ2n) is 4.61. The Morgan fingerprint density at radius 2 is 1.95 bits per heavy atom. The highest BCUT2D eigenvalue weighted by Gasteiger charge is 2.07. The lowest BCUT2D eigenvalue weighted by Gasteiger charge is -2.07. The van der Waals surface area contributed by atoms with Gasteiger partial charge in [0, 0.05) is 19.8 Å². The highest BCUT2D eigenvalue weighted by molar-refractivity contribution is 5.89. The Morgan fingerprint density at radius 3 is 2.48 bits per heavy atom. The number of carboxylic acids is 1. The molecule has 2 rings (SSSR count). The monoisotopic (exact) mass is 288 g/mol. The van der Waals surface area contributed by atoms with E-state index in [4.69, 9.17) is 5.11 Å². The Kier molecular flexibility index (Phi) is 4.22. The quantitative estimate of drug-likeness (QED) is 0.798. The van der Waals surface area contributed by atoms with Crippen molar-refractivity contribution >= 4 is 17.7 Å². The normalized spacial score (nSPS) is 10.2. The van der Waals surface area contributed by atoms with Crippen molar-refractivity contribution in [1.82, 2.24) is 15.1 Å². The number of rotatable bonds is 4. The van der Waals surface area contributed by atoms with Crippen molar-refractivity contribution in [2.45, 2.75) is 13.5 Å². The summed E-state index contributed by atoms with van der Waals surface area (Å²) >= 11 is 0. The molecule has 1 heterocycles. The average Bonchev–Trinajstić information content (AvgIpc) is 2.75. The molecule has 0 spiro atoms. The number of anilines is 1. The van der Waals surface area contributed by atoms with Gasteiger partial charge in [0.2, 0.25) is 0 Å². The van der Waals surface area contributed by atoms with E-state index in [-0.39, 0.29) is 11.6 Å². The summed E-state index contributed by atoms with van der Waals surface area (Å²) in [5.41, 5.74) is 2.42. The average molecular weight is 288 g/mol. The molecular weight excluding hydrogens is 272 g/mol. The first-order valence-corrected chi connectivity index (χ1v) is 6.33. The molecule has 7 heteroatoms. The molecular formula is C14H16N4O3. The van der Waals surface area contributed by atoms with Crippen LogP contribution in [0.5, 0.6) is 0 Å². The van der Waals surface area contributed by atoms with Crippen LogP contribution < -0.4 is 10.6 Å². The van der Waals surface area contributed by atoms with Gasteiger partial charge in [-0.15, -0.1) is 0 Å². The van der Waals surface area contributed by atoms with Gasteiger partial charge in [-0.1, -0.05) is 12.1 Å². The third-order valence-electron chi connectivity index (χ3n) is 2.92. The van der Waals surface area contributed by atoms with Crippen LogP contribution in [0.1, 0.15) is 21.6 Å². The molecule has 0 unspecified atom stereocenters. The summed E-state index contributed by atoms with van der Waals surface area (Å²) in [4.78, 5) is 22.5. The third-order valence-corrected chi connectivity index (χ3v) is 2.92. The summed E-state index contributed by atoms with van der Waals surface area (Å²) in [6, 6.07) is 6.00. The highest BCUT2D eigenvalue weighted by atomic mass is 16.4. The molecule has 0 aliphatic rings. The molecule has 7 nitrogen and oxygen atoms in total. The summed E-state index contributed by atoms with van der Waals surface area (Å²) in [6.45, 7) is 2.12. The molecule has 2 amide bonds. The maximum absolute atomic E-state index is 11.8. The summed E-state index contributed by atoms with van der Waals surface area (Å²) in [6.07, 6.45) is 1.72. The highest BCUT2D eigenvalue weighted by Crippen LogP contribution is 2.11. The number of urea groups is 1. The van der Waals surface area contributed by atoms with Gasteiger partial charge in [0.1, 0.15) is 0 Å². The lowest BCUT2D eigenvalue weighted by atomic mass is 10.1. The minimum atomic E-state index is -0.973. The molecule has 2 aromatic rings. The number of carbonyl (C=O) groups excluding carboxylic acids is 1. The van der Waals surface area contributed by atoms with Gasteiger partial charge < -0.3 is 15.7 Å². The SMILES string of the molecule is Cc1nn(C)cc1NC(=O)NCc1ccc(C(=O)O)cc1. The number of hydrogen-bond donors (Lipinski definition) is 3. The van der Waals surface area contributed by atoms with Crippen LogP contribution in [0.25, 0.3) is 0 Å². The lowest BCUT2D eigenvalue weighted by Crippen LogP contribution is -2.28. The second-order valence-corrected chi connectivity index (χ2v) is 4.61. The van der Waals surface area contributed by atoms with Crippen molar-refractivity contribution in [3.63, 3.8) is 0 Å². The molecule has 110 valence electrons. The fourth-order valence-electron chi connectivity index (χ4n) is 1.84. The van der Waals surface area contributed by atoms with E-state index in [1.54, 1.807) is 37.0 Å². The molecule has 0 bridgehead atoms. The predicted octanol–water partition coefficient (Wildman–Crippen LogP) is 1.75. The largest absolute Gasteiger partial charge is 0.478 e. The van der Waals surface area contributed by atoms with Crippen molar-refractivity contribution in [3.05, 3.63) is 47.3 Å². The molecule has 1 aromatic carbocycles.